The van der Waals surface area contributed by atoms with Crippen LogP contribution in [0, 0.1) is 13.8 Å². The number of H-pyrrole nitrogens is 1. The number of benzene rings is 1. The second kappa shape index (κ2) is 7.27. The molecule has 1 aliphatic heterocycles. The minimum absolute atomic E-state index is 0.0493. The molecule has 3 rings (SSSR count). The number of carbonyl (C=O) groups is 4. The molecule has 9 nitrogen and oxygen atoms in total. The van der Waals surface area contributed by atoms with Crippen LogP contribution in [0.4, 0.5) is 5.69 Å². The quantitative estimate of drug-likeness (QED) is 0.488. The number of aryl methyl sites for hydroxylation is 1. The van der Waals surface area contributed by atoms with Gasteiger partial charge in [0.25, 0.3) is 11.8 Å². The summed E-state index contributed by atoms with van der Waals surface area (Å²) >= 11 is 0. The summed E-state index contributed by atoms with van der Waals surface area (Å²) in [6.07, 6.45) is 1.55. The molecule has 1 atom stereocenters. The van der Waals surface area contributed by atoms with Gasteiger partial charge in [-0.1, -0.05) is 0 Å². The molecule has 150 valence electrons. The van der Waals surface area contributed by atoms with Gasteiger partial charge in [0, 0.05) is 22.6 Å². The summed E-state index contributed by atoms with van der Waals surface area (Å²) in [6, 6.07) is 3.28. The first-order valence-corrected chi connectivity index (χ1v) is 8.73. The van der Waals surface area contributed by atoms with E-state index in [-0.39, 0.29) is 17.0 Å². The second-order valence-electron chi connectivity index (χ2n) is 6.77. The third-order valence-corrected chi connectivity index (χ3v) is 4.76. The number of aromatic amines is 1. The van der Waals surface area contributed by atoms with Crippen LogP contribution in [0.1, 0.15) is 50.2 Å². The number of fused-ring (bicyclic) bond motifs is 1. The Hall–Kier alpha value is -3.88. The van der Waals surface area contributed by atoms with Gasteiger partial charge in [-0.3, -0.25) is 14.4 Å². The van der Waals surface area contributed by atoms with E-state index in [4.69, 9.17) is 5.11 Å². The molecule has 9 heteroatoms. The molecule has 5 N–H and O–H groups in total. The van der Waals surface area contributed by atoms with Crippen molar-refractivity contribution in [2.75, 3.05) is 5.32 Å². The highest BCUT2D eigenvalue weighted by Gasteiger charge is 2.27. The van der Waals surface area contributed by atoms with Crippen LogP contribution >= 0.6 is 0 Å². The lowest BCUT2D eigenvalue weighted by Gasteiger charge is -2.09. The molecule has 1 aromatic heterocycles. The summed E-state index contributed by atoms with van der Waals surface area (Å²) in [5, 5.41) is 23.3. The summed E-state index contributed by atoms with van der Waals surface area (Å²) < 4.78 is 0. The van der Waals surface area contributed by atoms with Crippen molar-refractivity contribution in [3.63, 3.8) is 0 Å². The number of aromatic carboxylic acids is 1. The number of aromatic nitrogens is 1. The normalized spacial score (nSPS) is 15.0. The van der Waals surface area contributed by atoms with Crippen molar-refractivity contribution < 1.29 is 29.4 Å². The fraction of sp³-hybridized carbons (Fsp3) is 0.200. The van der Waals surface area contributed by atoms with Crippen molar-refractivity contribution in [2.45, 2.75) is 26.8 Å². The average Bonchev–Trinajstić information content (AvgIpc) is 3.10. The van der Waals surface area contributed by atoms with Crippen LogP contribution in [0.2, 0.25) is 0 Å². The first-order valence-electron chi connectivity index (χ1n) is 8.73. The lowest BCUT2D eigenvalue weighted by Crippen LogP contribution is -2.38. The van der Waals surface area contributed by atoms with Crippen LogP contribution in [-0.4, -0.2) is 45.0 Å². The highest BCUT2D eigenvalue weighted by atomic mass is 16.4. The molecular weight excluding hydrogens is 378 g/mol. The maximum Gasteiger partial charge on any atom is 0.335 e. The molecule has 2 amide bonds. The molecule has 2 heterocycles. The number of hydrogen-bond donors (Lipinski definition) is 5. The fourth-order valence-electron chi connectivity index (χ4n) is 3.20. The number of aliphatic carboxylic acids is 1. The van der Waals surface area contributed by atoms with Crippen LogP contribution in [0.25, 0.3) is 11.6 Å². The topological polar surface area (TPSA) is 149 Å². The minimum atomic E-state index is -1.15. The van der Waals surface area contributed by atoms with Gasteiger partial charge >= 0.3 is 11.9 Å². The van der Waals surface area contributed by atoms with E-state index in [1.165, 1.54) is 25.1 Å². The summed E-state index contributed by atoms with van der Waals surface area (Å²) in [7, 11) is 0. The Balaban J connectivity index is 2.02. The first-order chi connectivity index (χ1) is 13.6. The van der Waals surface area contributed by atoms with Gasteiger partial charge in [-0.2, -0.15) is 0 Å². The Morgan fingerprint density at radius 2 is 1.86 bits per heavy atom. The zero-order valence-electron chi connectivity index (χ0n) is 15.9. The summed E-state index contributed by atoms with van der Waals surface area (Å²) in [5.41, 5.74) is 3.11. The van der Waals surface area contributed by atoms with Gasteiger partial charge in [0.2, 0.25) is 0 Å². The molecule has 0 fully saturated rings. The van der Waals surface area contributed by atoms with E-state index in [0.717, 1.165) is 0 Å². The maximum atomic E-state index is 12.5. The van der Waals surface area contributed by atoms with Crippen LogP contribution in [-0.2, 0) is 9.59 Å². The summed E-state index contributed by atoms with van der Waals surface area (Å²) in [4.78, 5) is 50.1. The maximum absolute atomic E-state index is 12.5. The largest absolute Gasteiger partial charge is 0.480 e. The number of amides is 2. The smallest absolute Gasteiger partial charge is 0.335 e. The number of anilines is 1. The van der Waals surface area contributed by atoms with Gasteiger partial charge in [0.05, 0.1) is 16.7 Å². The molecule has 0 unspecified atom stereocenters. The molecule has 0 saturated heterocycles. The third-order valence-electron chi connectivity index (χ3n) is 4.76. The predicted molar refractivity (Wildman–Crippen MR) is 105 cm³/mol. The Labute approximate surface area is 165 Å². The van der Waals surface area contributed by atoms with E-state index < -0.39 is 23.9 Å². The molecule has 1 aromatic carbocycles. The number of carboxylic acid groups (broad SMARTS) is 2. The van der Waals surface area contributed by atoms with Gasteiger partial charge in [-0.05, 0) is 50.6 Å². The van der Waals surface area contributed by atoms with Gasteiger partial charge in [0.15, 0.2) is 0 Å². The summed E-state index contributed by atoms with van der Waals surface area (Å²) in [6.45, 7) is 4.71. The van der Waals surface area contributed by atoms with Crippen LogP contribution in [0.5, 0.6) is 0 Å². The Kier molecular flexibility index (Phi) is 4.98. The van der Waals surface area contributed by atoms with E-state index >= 15 is 0 Å². The molecule has 0 aliphatic carbocycles. The number of hydrogen-bond acceptors (Lipinski definition) is 4. The first kappa shape index (κ1) is 19.9. The second-order valence-corrected chi connectivity index (χ2v) is 6.77. The van der Waals surface area contributed by atoms with Gasteiger partial charge in [0.1, 0.15) is 6.04 Å². The van der Waals surface area contributed by atoms with E-state index in [0.29, 0.717) is 33.8 Å². The zero-order valence-corrected chi connectivity index (χ0v) is 15.9. The number of rotatable bonds is 5. The highest BCUT2D eigenvalue weighted by molar-refractivity contribution is 6.35. The highest BCUT2D eigenvalue weighted by Crippen LogP contribution is 2.34. The van der Waals surface area contributed by atoms with Crippen LogP contribution in [0.15, 0.2) is 18.2 Å². The minimum Gasteiger partial charge on any atom is -0.480 e. The van der Waals surface area contributed by atoms with Gasteiger partial charge in [-0.15, -0.1) is 0 Å². The standard InChI is InChI=1S/C20H19N3O6/c1-8-15(21-9(2)16(8)18(25)22-10(3)19(26)27)7-13-12-6-11(20(28)29)4-5-14(12)23-17(13)24/h4-7,10,21H,1-3H3,(H,22,25)(H,23,24)(H,26,27)(H,28,29)/t10-/m0/s1. The lowest BCUT2D eigenvalue weighted by atomic mass is 10.0. The number of nitrogens with one attached hydrogen (secondary N) is 3. The predicted octanol–water partition coefficient (Wildman–Crippen LogP) is 2.03. The van der Waals surface area contributed by atoms with Crippen LogP contribution in [0.3, 0.4) is 0 Å². The van der Waals surface area contributed by atoms with Crippen molar-refractivity contribution >= 4 is 41.1 Å². The van der Waals surface area contributed by atoms with E-state index in [2.05, 4.69) is 15.6 Å². The van der Waals surface area contributed by atoms with Crippen molar-refractivity contribution in [3.8, 4) is 0 Å². The molecule has 1 aliphatic rings. The van der Waals surface area contributed by atoms with Crippen molar-refractivity contribution in [3.05, 3.63) is 51.8 Å². The molecule has 0 bridgehead atoms. The van der Waals surface area contributed by atoms with Crippen LogP contribution < -0.4 is 10.6 Å². The molecule has 0 spiro atoms. The fourth-order valence-corrected chi connectivity index (χ4v) is 3.20. The summed E-state index contributed by atoms with van der Waals surface area (Å²) in [5.74, 6) is -3.19. The Bertz CT molecular complexity index is 1100. The van der Waals surface area contributed by atoms with E-state index in [9.17, 15) is 24.3 Å². The van der Waals surface area contributed by atoms with Gasteiger partial charge in [-0.25, -0.2) is 4.79 Å². The molecule has 0 saturated carbocycles. The molecular formula is C20H19N3O6. The van der Waals surface area contributed by atoms with E-state index in [1.54, 1.807) is 19.9 Å². The number of carboxylic acids is 2. The number of carbonyl (C=O) groups excluding carboxylic acids is 2. The van der Waals surface area contributed by atoms with Crippen molar-refractivity contribution in [2.24, 2.45) is 0 Å². The Morgan fingerprint density at radius 3 is 2.48 bits per heavy atom. The SMILES string of the molecule is Cc1[nH]c(C=C2C(=O)Nc3ccc(C(=O)O)cc32)c(C)c1C(=O)N[C@@H](C)C(=O)O. The van der Waals surface area contributed by atoms with Crippen molar-refractivity contribution in [1.29, 1.82) is 0 Å². The lowest BCUT2D eigenvalue weighted by molar-refractivity contribution is -0.138. The third kappa shape index (κ3) is 3.62. The van der Waals surface area contributed by atoms with E-state index in [1.807, 2.05) is 0 Å². The van der Waals surface area contributed by atoms with Crippen molar-refractivity contribution in [1.82, 2.24) is 10.3 Å². The van der Waals surface area contributed by atoms with Gasteiger partial charge < -0.3 is 25.8 Å². The monoisotopic (exact) mass is 397 g/mol. The Morgan fingerprint density at radius 1 is 1.17 bits per heavy atom. The molecule has 29 heavy (non-hydrogen) atoms. The zero-order chi connectivity index (χ0) is 21.5. The average molecular weight is 397 g/mol. The molecule has 0 radical (unpaired) electrons. The molecule has 2 aromatic rings.